The van der Waals surface area contributed by atoms with Crippen LogP contribution in [0.3, 0.4) is 0 Å². The maximum atomic E-state index is 6.56. The van der Waals surface area contributed by atoms with Crippen LogP contribution in [-0.2, 0) is 5.41 Å². The van der Waals surface area contributed by atoms with E-state index in [2.05, 4.69) is 177 Å². The van der Waals surface area contributed by atoms with Crippen molar-refractivity contribution in [1.82, 2.24) is 9.97 Å². The Labute approximate surface area is 319 Å². The molecule has 0 saturated carbocycles. The molecule has 11 rings (SSSR count). The fraction of sp³-hybridized carbons (Fsp3) is 0.0385. The van der Waals surface area contributed by atoms with Crippen LogP contribution in [0.4, 0.5) is 0 Å². The number of aromatic nitrogens is 2. The number of hydrogen-bond donors (Lipinski definition) is 0. The first kappa shape index (κ1) is 31.4. The predicted octanol–water partition coefficient (Wildman–Crippen LogP) is 13.5. The van der Waals surface area contributed by atoms with Crippen molar-refractivity contribution in [2.45, 2.75) is 12.3 Å². The Balaban J connectivity index is 1.07. The summed E-state index contributed by atoms with van der Waals surface area (Å²) in [6.45, 7) is 2.36. The van der Waals surface area contributed by atoms with Crippen molar-refractivity contribution in [3.63, 3.8) is 0 Å². The molecule has 1 atom stereocenters. The van der Waals surface area contributed by atoms with E-state index in [0.717, 1.165) is 66.5 Å². The van der Waals surface area contributed by atoms with Crippen LogP contribution in [0.2, 0.25) is 0 Å². The lowest BCUT2D eigenvalue weighted by Gasteiger charge is -2.28. The SMILES string of the molecule is CC1(c2ccccc2)c2ccccc2-c2c(-c3cc(-c4cccc(-c5ccc6c(c5)oc5c7ccccc7ccc65)c4)nc(-c4ccccc4)n3)cccc21. The summed E-state index contributed by atoms with van der Waals surface area (Å²) in [5.41, 5.74) is 14.9. The van der Waals surface area contributed by atoms with Gasteiger partial charge >= 0.3 is 0 Å². The molecule has 0 bridgehead atoms. The standard InChI is InChI=1S/C52H34N2O/c1-52(38-19-6-3-7-20-38)44-24-11-10-22-42(44)49-43(23-13-25-45(49)52)47-32-46(53-51(54-47)34-15-4-2-5-16-34)37-18-12-17-35(30-37)36-27-28-40-41-29-26-33-14-8-9-21-39(33)50(41)55-48(40)31-36/h2-32H,1H3. The minimum absolute atomic E-state index is 0.302. The molecule has 2 heterocycles. The molecule has 0 N–H and O–H groups in total. The van der Waals surface area contributed by atoms with Gasteiger partial charge in [0.25, 0.3) is 0 Å². The zero-order chi connectivity index (χ0) is 36.5. The van der Waals surface area contributed by atoms with Gasteiger partial charge in [0.15, 0.2) is 5.82 Å². The Morgan fingerprint density at radius 3 is 1.98 bits per heavy atom. The molecule has 8 aromatic carbocycles. The van der Waals surface area contributed by atoms with Crippen molar-refractivity contribution in [3.8, 4) is 56.2 Å². The van der Waals surface area contributed by atoms with Gasteiger partial charge in [0.1, 0.15) is 11.2 Å². The van der Waals surface area contributed by atoms with E-state index in [0.29, 0.717) is 5.82 Å². The van der Waals surface area contributed by atoms with Gasteiger partial charge in [0, 0.05) is 38.3 Å². The first-order valence-corrected chi connectivity index (χ1v) is 18.8. The molecule has 0 spiro atoms. The summed E-state index contributed by atoms with van der Waals surface area (Å²) >= 11 is 0. The van der Waals surface area contributed by atoms with Crippen molar-refractivity contribution in [1.29, 1.82) is 0 Å². The highest BCUT2D eigenvalue weighted by atomic mass is 16.3. The molecule has 10 aromatic rings. The van der Waals surface area contributed by atoms with Gasteiger partial charge in [-0.3, -0.25) is 0 Å². The van der Waals surface area contributed by atoms with Crippen molar-refractivity contribution in [2.24, 2.45) is 0 Å². The van der Waals surface area contributed by atoms with Crippen molar-refractivity contribution < 1.29 is 4.42 Å². The van der Waals surface area contributed by atoms with Crippen molar-refractivity contribution >= 4 is 32.7 Å². The van der Waals surface area contributed by atoms with Crippen molar-refractivity contribution in [2.75, 3.05) is 0 Å². The van der Waals surface area contributed by atoms with E-state index in [1.165, 1.54) is 33.2 Å². The number of hydrogen-bond acceptors (Lipinski definition) is 3. The van der Waals surface area contributed by atoms with Gasteiger partial charge < -0.3 is 4.42 Å². The average molecular weight is 703 g/mol. The lowest BCUT2D eigenvalue weighted by atomic mass is 9.74. The molecule has 55 heavy (non-hydrogen) atoms. The van der Waals surface area contributed by atoms with E-state index in [1.54, 1.807) is 0 Å². The van der Waals surface area contributed by atoms with E-state index < -0.39 is 0 Å². The van der Waals surface area contributed by atoms with Gasteiger partial charge in [-0.1, -0.05) is 158 Å². The van der Waals surface area contributed by atoms with Crippen molar-refractivity contribution in [3.05, 3.63) is 205 Å². The summed E-state index contributed by atoms with van der Waals surface area (Å²) in [5.74, 6) is 0.698. The summed E-state index contributed by atoms with van der Waals surface area (Å²) in [6.07, 6.45) is 0. The first-order valence-electron chi connectivity index (χ1n) is 18.8. The molecule has 3 nitrogen and oxygen atoms in total. The Morgan fingerprint density at radius 1 is 0.436 bits per heavy atom. The normalized spacial score (nSPS) is 14.7. The van der Waals surface area contributed by atoms with E-state index >= 15 is 0 Å². The maximum Gasteiger partial charge on any atom is 0.160 e. The molecule has 1 aliphatic rings. The number of furan rings is 1. The maximum absolute atomic E-state index is 6.56. The van der Waals surface area contributed by atoms with E-state index in [-0.39, 0.29) is 5.41 Å². The van der Waals surface area contributed by atoms with E-state index in [4.69, 9.17) is 14.4 Å². The number of nitrogens with zero attached hydrogens (tertiary/aromatic N) is 2. The summed E-state index contributed by atoms with van der Waals surface area (Å²) < 4.78 is 6.56. The second-order valence-corrected chi connectivity index (χ2v) is 14.6. The topological polar surface area (TPSA) is 38.9 Å². The monoisotopic (exact) mass is 702 g/mol. The molecule has 3 heteroatoms. The first-order chi connectivity index (χ1) is 27.1. The predicted molar refractivity (Wildman–Crippen MR) is 226 cm³/mol. The Morgan fingerprint density at radius 2 is 1.09 bits per heavy atom. The van der Waals surface area contributed by atoms with Crippen LogP contribution in [0.15, 0.2) is 192 Å². The minimum atomic E-state index is -0.302. The van der Waals surface area contributed by atoms with Crippen LogP contribution < -0.4 is 0 Å². The van der Waals surface area contributed by atoms with E-state index in [1.807, 2.05) is 18.2 Å². The fourth-order valence-corrected chi connectivity index (χ4v) is 8.83. The molecular weight excluding hydrogens is 669 g/mol. The third-order valence-electron chi connectivity index (χ3n) is 11.6. The zero-order valence-electron chi connectivity index (χ0n) is 30.2. The van der Waals surface area contributed by atoms with Crippen LogP contribution in [0.5, 0.6) is 0 Å². The highest BCUT2D eigenvalue weighted by Gasteiger charge is 2.41. The molecule has 0 radical (unpaired) electrons. The van der Waals surface area contributed by atoms with Gasteiger partial charge in [0.2, 0.25) is 0 Å². The molecule has 0 fully saturated rings. The summed E-state index contributed by atoms with van der Waals surface area (Å²) in [4.78, 5) is 10.5. The second kappa shape index (κ2) is 12.2. The van der Waals surface area contributed by atoms with Gasteiger partial charge in [-0.25, -0.2) is 9.97 Å². The molecule has 1 aliphatic carbocycles. The number of benzene rings is 8. The van der Waals surface area contributed by atoms with E-state index in [9.17, 15) is 0 Å². The fourth-order valence-electron chi connectivity index (χ4n) is 8.83. The third kappa shape index (κ3) is 4.90. The Kier molecular flexibility index (Phi) is 6.99. The minimum Gasteiger partial charge on any atom is -0.455 e. The van der Waals surface area contributed by atoms with Crippen LogP contribution in [-0.4, -0.2) is 9.97 Å². The highest BCUT2D eigenvalue weighted by Crippen LogP contribution is 2.55. The van der Waals surface area contributed by atoms with Gasteiger partial charge in [-0.05, 0) is 81.6 Å². The molecule has 0 saturated heterocycles. The third-order valence-corrected chi connectivity index (χ3v) is 11.6. The Bertz CT molecular complexity index is 3110. The van der Waals surface area contributed by atoms with Gasteiger partial charge in [0.05, 0.1) is 11.4 Å². The number of rotatable bonds is 5. The average Bonchev–Trinajstić information content (AvgIpc) is 3.77. The zero-order valence-corrected chi connectivity index (χ0v) is 30.2. The molecular formula is C52H34N2O. The summed E-state index contributed by atoms with van der Waals surface area (Å²) in [5, 5.41) is 4.56. The van der Waals surface area contributed by atoms with Gasteiger partial charge in [-0.15, -0.1) is 0 Å². The Hall–Kier alpha value is -7.10. The van der Waals surface area contributed by atoms with Crippen LogP contribution >= 0.6 is 0 Å². The van der Waals surface area contributed by atoms with Gasteiger partial charge in [-0.2, -0.15) is 0 Å². The molecule has 258 valence electrons. The highest BCUT2D eigenvalue weighted by molar-refractivity contribution is 6.15. The van der Waals surface area contributed by atoms with Crippen LogP contribution in [0.25, 0.3) is 88.9 Å². The van der Waals surface area contributed by atoms with Crippen LogP contribution in [0.1, 0.15) is 23.6 Å². The largest absolute Gasteiger partial charge is 0.455 e. The van der Waals surface area contributed by atoms with Crippen LogP contribution in [0, 0.1) is 0 Å². The second-order valence-electron chi connectivity index (χ2n) is 14.6. The molecule has 2 aromatic heterocycles. The lowest BCUT2D eigenvalue weighted by molar-refractivity contribution is 0.673. The molecule has 1 unspecified atom stereocenters. The molecule has 0 amide bonds. The number of fused-ring (bicyclic) bond motifs is 8. The lowest BCUT2D eigenvalue weighted by Crippen LogP contribution is -2.22. The smallest absolute Gasteiger partial charge is 0.160 e. The summed E-state index contributed by atoms with van der Waals surface area (Å²) in [6, 6.07) is 66.8. The molecule has 0 aliphatic heterocycles. The summed E-state index contributed by atoms with van der Waals surface area (Å²) in [7, 11) is 0. The quantitative estimate of drug-likeness (QED) is 0.179.